The van der Waals surface area contributed by atoms with Crippen molar-refractivity contribution in [3.05, 3.63) is 54.1 Å². The molecule has 6 heteroatoms. The first-order chi connectivity index (χ1) is 14.1. The predicted octanol–water partition coefficient (Wildman–Crippen LogP) is 3.89. The molecule has 1 atom stereocenters. The number of nitrogens with one attached hydrogen (secondary N) is 2. The minimum atomic E-state index is -0.402. The maximum absolute atomic E-state index is 12.8. The van der Waals surface area contributed by atoms with Crippen LogP contribution in [-0.2, 0) is 9.59 Å². The lowest BCUT2D eigenvalue weighted by Crippen LogP contribution is -2.31. The Hall–Kier alpha value is -3.02. The zero-order chi connectivity index (χ0) is 20.6. The zero-order valence-corrected chi connectivity index (χ0v) is 17.1. The first kappa shape index (κ1) is 20.7. The van der Waals surface area contributed by atoms with Crippen molar-refractivity contribution in [2.75, 3.05) is 30.4 Å². The van der Waals surface area contributed by atoms with Crippen molar-refractivity contribution in [1.29, 1.82) is 0 Å². The minimum Gasteiger partial charge on any atom is -0.497 e. The summed E-state index contributed by atoms with van der Waals surface area (Å²) in [5.41, 5.74) is 2.73. The predicted molar refractivity (Wildman–Crippen MR) is 115 cm³/mol. The van der Waals surface area contributed by atoms with Crippen molar-refractivity contribution in [1.82, 2.24) is 5.32 Å². The molecule has 1 unspecified atom stereocenters. The fourth-order valence-electron chi connectivity index (χ4n) is 3.71. The molecule has 6 nitrogen and oxygen atoms in total. The Morgan fingerprint density at radius 2 is 1.72 bits per heavy atom. The van der Waals surface area contributed by atoms with Crippen LogP contribution < -0.4 is 20.3 Å². The van der Waals surface area contributed by atoms with Crippen LogP contribution in [0.4, 0.5) is 11.4 Å². The molecule has 0 spiro atoms. The third kappa shape index (κ3) is 5.73. The van der Waals surface area contributed by atoms with Crippen LogP contribution in [0.1, 0.15) is 44.2 Å². The Labute approximate surface area is 172 Å². The molecule has 1 aliphatic rings. The number of benzene rings is 2. The summed E-state index contributed by atoms with van der Waals surface area (Å²) in [6.45, 7) is 3.47. The number of rotatable bonds is 7. The van der Waals surface area contributed by atoms with Gasteiger partial charge in [-0.2, -0.15) is 0 Å². The van der Waals surface area contributed by atoms with Gasteiger partial charge in [0.1, 0.15) is 5.75 Å². The van der Waals surface area contributed by atoms with Gasteiger partial charge in [-0.05, 0) is 49.1 Å². The average molecular weight is 396 g/mol. The van der Waals surface area contributed by atoms with Crippen LogP contribution in [0.15, 0.2) is 48.5 Å². The van der Waals surface area contributed by atoms with E-state index in [9.17, 15) is 9.59 Å². The molecular weight excluding hydrogens is 366 g/mol. The van der Waals surface area contributed by atoms with E-state index in [1.165, 1.54) is 26.2 Å². The second-order valence-corrected chi connectivity index (χ2v) is 7.34. The SMILES string of the molecule is COc1ccc(C(CC(=O)Nc2ccccc2N2CCCCC2)NC(C)=O)cc1. The van der Waals surface area contributed by atoms with Crippen molar-refractivity contribution in [2.45, 2.75) is 38.6 Å². The normalized spacial score (nSPS) is 14.8. The molecule has 154 valence electrons. The standard InChI is InChI=1S/C23H29N3O3/c1-17(27)24-21(18-10-12-19(29-2)13-11-18)16-23(28)25-20-8-4-5-9-22(20)26-14-6-3-7-15-26/h4-5,8-13,21H,3,6-7,14-16H2,1-2H3,(H,24,27)(H,25,28). The van der Waals surface area contributed by atoms with E-state index in [0.717, 1.165) is 35.8 Å². The molecular formula is C23H29N3O3. The van der Waals surface area contributed by atoms with Gasteiger partial charge in [0.25, 0.3) is 0 Å². The van der Waals surface area contributed by atoms with Gasteiger partial charge >= 0.3 is 0 Å². The highest BCUT2D eigenvalue weighted by atomic mass is 16.5. The third-order valence-corrected chi connectivity index (χ3v) is 5.16. The van der Waals surface area contributed by atoms with Gasteiger partial charge in [0.05, 0.1) is 30.9 Å². The molecule has 29 heavy (non-hydrogen) atoms. The average Bonchev–Trinajstić information content (AvgIpc) is 2.74. The van der Waals surface area contributed by atoms with Crippen LogP contribution in [0.3, 0.4) is 0 Å². The maximum Gasteiger partial charge on any atom is 0.226 e. The highest BCUT2D eigenvalue weighted by Gasteiger charge is 2.20. The summed E-state index contributed by atoms with van der Waals surface area (Å²) in [7, 11) is 1.60. The Balaban J connectivity index is 1.72. The number of hydrogen-bond acceptors (Lipinski definition) is 4. The monoisotopic (exact) mass is 395 g/mol. The molecule has 0 radical (unpaired) electrons. The molecule has 1 saturated heterocycles. The molecule has 2 N–H and O–H groups in total. The third-order valence-electron chi connectivity index (χ3n) is 5.16. The van der Waals surface area contributed by atoms with E-state index < -0.39 is 6.04 Å². The van der Waals surface area contributed by atoms with Crippen LogP contribution in [0.5, 0.6) is 5.75 Å². The van der Waals surface area contributed by atoms with Gasteiger partial charge in [-0.25, -0.2) is 0 Å². The van der Waals surface area contributed by atoms with E-state index in [2.05, 4.69) is 21.6 Å². The van der Waals surface area contributed by atoms with Gasteiger partial charge in [-0.1, -0.05) is 24.3 Å². The number of piperidine rings is 1. The summed E-state index contributed by atoms with van der Waals surface area (Å²) >= 11 is 0. The van der Waals surface area contributed by atoms with E-state index in [4.69, 9.17) is 4.74 Å². The van der Waals surface area contributed by atoms with Crippen LogP contribution in [-0.4, -0.2) is 32.0 Å². The number of methoxy groups -OCH3 is 1. The quantitative estimate of drug-likeness (QED) is 0.746. The first-order valence-corrected chi connectivity index (χ1v) is 10.1. The molecule has 2 aromatic carbocycles. The largest absolute Gasteiger partial charge is 0.497 e. The van der Waals surface area contributed by atoms with Crippen molar-refractivity contribution in [3.63, 3.8) is 0 Å². The summed E-state index contributed by atoms with van der Waals surface area (Å²) in [6, 6.07) is 14.9. The highest BCUT2D eigenvalue weighted by Crippen LogP contribution is 2.29. The topological polar surface area (TPSA) is 70.7 Å². The summed E-state index contributed by atoms with van der Waals surface area (Å²) in [6.07, 6.45) is 3.75. The Morgan fingerprint density at radius 3 is 2.38 bits per heavy atom. The number of ether oxygens (including phenoxy) is 1. The maximum atomic E-state index is 12.8. The summed E-state index contributed by atoms with van der Waals surface area (Å²) < 4.78 is 5.19. The van der Waals surface area contributed by atoms with Gasteiger partial charge in [-0.15, -0.1) is 0 Å². The van der Waals surface area contributed by atoms with Crippen molar-refractivity contribution in [3.8, 4) is 5.75 Å². The lowest BCUT2D eigenvalue weighted by atomic mass is 10.0. The number of carbonyl (C=O) groups excluding carboxylic acids is 2. The highest BCUT2D eigenvalue weighted by molar-refractivity contribution is 5.95. The van der Waals surface area contributed by atoms with Gasteiger partial charge in [-0.3, -0.25) is 9.59 Å². The first-order valence-electron chi connectivity index (χ1n) is 10.1. The van der Waals surface area contributed by atoms with Gasteiger partial charge in [0, 0.05) is 20.0 Å². The smallest absolute Gasteiger partial charge is 0.226 e. The lowest BCUT2D eigenvalue weighted by molar-refractivity contribution is -0.120. The van der Waals surface area contributed by atoms with Gasteiger partial charge in [0.2, 0.25) is 11.8 Å². The number of amides is 2. The number of para-hydroxylation sites is 2. The Kier molecular flexibility index (Phi) is 7.11. The molecule has 2 amide bonds. The van der Waals surface area contributed by atoms with Crippen molar-refractivity contribution >= 4 is 23.2 Å². The molecule has 1 fully saturated rings. The Morgan fingerprint density at radius 1 is 1.03 bits per heavy atom. The molecule has 2 aromatic rings. The summed E-state index contributed by atoms with van der Waals surface area (Å²) in [5.74, 6) is 0.423. The zero-order valence-electron chi connectivity index (χ0n) is 17.1. The fraction of sp³-hybridized carbons (Fsp3) is 0.391. The van der Waals surface area contributed by atoms with Crippen LogP contribution in [0.25, 0.3) is 0 Å². The number of carbonyl (C=O) groups is 2. The molecule has 1 aliphatic heterocycles. The molecule has 0 aliphatic carbocycles. The Bertz CT molecular complexity index is 830. The van der Waals surface area contributed by atoms with Gasteiger partial charge in [0.15, 0.2) is 0 Å². The molecule has 0 saturated carbocycles. The molecule has 0 aromatic heterocycles. The minimum absolute atomic E-state index is 0.135. The summed E-state index contributed by atoms with van der Waals surface area (Å²) in [4.78, 5) is 26.8. The van der Waals surface area contributed by atoms with Crippen molar-refractivity contribution < 1.29 is 14.3 Å². The lowest BCUT2D eigenvalue weighted by Gasteiger charge is -2.30. The number of anilines is 2. The van der Waals surface area contributed by atoms with E-state index in [-0.39, 0.29) is 18.2 Å². The van der Waals surface area contributed by atoms with E-state index in [0.29, 0.717) is 0 Å². The number of hydrogen-bond donors (Lipinski definition) is 2. The second kappa shape index (κ2) is 9.96. The van der Waals surface area contributed by atoms with Crippen molar-refractivity contribution in [2.24, 2.45) is 0 Å². The fourth-order valence-corrected chi connectivity index (χ4v) is 3.71. The van der Waals surface area contributed by atoms with E-state index in [1.54, 1.807) is 7.11 Å². The summed E-state index contributed by atoms with van der Waals surface area (Å²) in [5, 5.41) is 5.92. The van der Waals surface area contributed by atoms with Crippen LogP contribution >= 0.6 is 0 Å². The van der Waals surface area contributed by atoms with Gasteiger partial charge < -0.3 is 20.3 Å². The molecule has 0 bridgehead atoms. The van der Waals surface area contributed by atoms with E-state index in [1.807, 2.05) is 42.5 Å². The van der Waals surface area contributed by atoms with Crippen LogP contribution in [0, 0.1) is 0 Å². The van der Waals surface area contributed by atoms with Crippen LogP contribution in [0.2, 0.25) is 0 Å². The molecule has 3 rings (SSSR count). The number of nitrogens with zero attached hydrogens (tertiary/aromatic N) is 1. The molecule has 1 heterocycles. The second-order valence-electron chi connectivity index (χ2n) is 7.34. The van der Waals surface area contributed by atoms with E-state index >= 15 is 0 Å².